The molecule has 0 unspecified atom stereocenters. The van der Waals surface area contributed by atoms with Crippen molar-refractivity contribution >= 4 is 23.4 Å². The highest BCUT2D eigenvalue weighted by molar-refractivity contribution is 5.93. The molecule has 0 spiro atoms. The van der Waals surface area contributed by atoms with Crippen molar-refractivity contribution in [1.82, 2.24) is 4.98 Å². The Balaban J connectivity index is 2.79. The molecule has 1 amide bonds. The van der Waals surface area contributed by atoms with Crippen LogP contribution < -0.4 is 11.1 Å². The van der Waals surface area contributed by atoms with Crippen molar-refractivity contribution < 1.29 is 19.6 Å². The Morgan fingerprint density at radius 2 is 2.21 bits per heavy atom. The number of pyridine rings is 1. The Labute approximate surface area is 107 Å². The van der Waals surface area contributed by atoms with Gasteiger partial charge in [-0.15, -0.1) is 0 Å². The van der Waals surface area contributed by atoms with Gasteiger partial charge in [-0.05, 0) is 6.42 Å². The summed E-state index contributed by atoms with van der Waals surface area (Å²) in [7, 11) is 0. The number of nitrogens with zero attached hydrogens (tertiary/aromatic N) is 2. The number of primary amides is 1. The van der Waals surface area contributed by atoms with Crippen molar-refractivity contribution in [3.8, 4) is 0 Å². The lowest BCUT2D eigenvalue weighted by Crippen LogP contribution is -2.14. The Kier molecular flexibility index (Phi) is 4.75. The molecule has 9 nitrogen and oxygen atoms in total. The summed E-state index contributed by atoms with van der Waals surface area (Å²) in [6.45, 7) is 0.286. The molecule has 0 aliphatic rings. The third-order valence-corrected chi connectivity index (χ3v) is 2.21. The van der Waals surface area contributed by atoms with Crippen molar-refractivity contribution in [2.24, 2.45) is 5.73 Å². The standard InChI is InChI=1S/C10H12N4O5/c11-8(15)2-1-3-12-9-7(10(16)17)4-6(5-13-9)14(18)19/h4-5H,1-3H2,(H2,11,15)(H,12,13)(H,16,17). The van der Waals surface area contributed by atoms with E-state index in [9.17, 15) is 19.7 Å². The summed E-state index contributed by atoms with van der Waals surface area (Å²) in [6.07, 6.45) is 1.53. The van der Waals surface area contributed by atoms with E-state index in [-0.39, 0.29) is 24.3 Å². The van der Waals surface area contributed by atoms with Crippen LogP contribution in [0.2, 0.25) is 0 Å². The second kappa shape index (κ2) is 6.28. The number of aromatic nitrogens is 1. The minimum Gasteiger partial charge on any atom is -0.478 e. The first-order valence-electron chi connectivity index (χ1n) is 5.31. The molecule has 19 heavy (non-hydrogen) atoms. The molecule has 102 valence electrons. The third kappa shape index (κ3) is 4.22. The topological polar surface area (TPSA) is 148 Å². The maximum absolute atomic E-state index is 11.0. The van der Waals surface area contributed by atoms with Crippen LogP contribution in [0.15, 0.2) is 12.3 Å². The van der Waals surface area contributed by atoms with Gasteiger partial charge in [-0.2, -0.15) is 0 Å². The number of carbonyl (C=O) groups excluding carboxylic acids is 1. The summed E-state index contributed by atoms with van der Waals surface area (Å²) in [5, 5.41) is 22.2. The zero-order valence-electron chi connectivity index (χ0n) is 9.83. The SMILES string of the molecule is NC(=O)CCCNc1ncc([N+](=O)[O-])cc1C(=O)O. The van der Waals surface area contributed by atoms with Gasteiger partial charge in [-0.1, -0.05) is 0 Å². The van der Waals surface area contributed by atoms with Crippen LogP contribution >= 0.6 is 0 Å². The van der Waals surface area contributed by atoms with Crippen LogP contribution in [0.1, 0.15) is 23.2 Å². The van der Waals surface area contributed by atoms with Gasteiger partial charge in [0.1, 0.15) is 17.6 Å². The van der Waals surface area contributed by atoms with Gasteiger partial charge in [-0.3, -0.25) is 14.9 Å². The maximum atomic E-state index is 11.0. The molecule has 4 N–H and O–H groups in total. The Hall–Kier alpha value is -2.71. The number of nitro groups is 1. The number of aromatic carboxylic acids is 1. The molecule has 9 heteroatoms. The van der Waals surface area contributed by atoms with Crippen LogP contribution in [-0.4, -0.2) is 33.4 Å². The third-order valence-electron chi connectivity index (χ3n) is 2.21. The maximum Gasteiger partial charge on any atom is 0.339 e. The molecule has 0 aliphatic heterocycles. The molecular formula is C10H12N4O5. The molecule has 1 aromatic heterocycles. The van der Waals surface area contributed by atoms with Crippen molar-refractivity contribution in [2.45, 2.75) is 12.8 Å². The van der Waals surface area contributed by atoms with Crippen LogP contribution in [0.25, 0.3) is 0 Å². The van der Waals surface area contributed by atoms with E-state index in [1.807, 2.05) is 0 Å². The second-order valence-corrected chi connectivity index (χ2v) is 3.65. The molecule has 0 saturated carbocycles. The van der Waals surface area contributed by atoms with E-state index in [0.717, 1.165) is 12.3 Å². The highest BCUT2D eigenvalue weighted by atomic mass is 16.6. The summed E-state index contributed by atoms with van der Waals surface area (Å²) in [6, 6.07) is 0.922. The predicted octanol–water partition coefficient (Wildman–Crippen LogP) is 0.365. The quantitative estimate of drug-likeness (QED) is 0.367. The number of anilines is 1. The van der Waals surface area contributed by atoms with Crippen LogP contribution in [0.4, 0.5) is 11.5 Å². The predicted molar refractivity (Wildman–Crippen MR) is 64.8 cm³/mol. The van der Waals surface area contributed by atoms with Crippen LogP contribution in [0.3, 0.4) is 0 Å². The Morgan fingerprint density at radius 3 is 2.74 bits per heavy atom. The first-order valence-corrected chi connectivity index (χ1v) is 5.31. The lowest BCUT2D eigenvalue weighted by Gasteiger charge is -2.07. The van der Waals surface area contributed by atoms with E-state index in [1.54, 1.807) is 0 Å². The molecule has 1 aromatic rings. The lowest BCUT2D eigenvalue weighted by atomic mass is 10.2. The Morgan fingerprint density at radius 1 is 1.53 bits per heavy atom. The molecule has 0 aromatic carbocycles. The first kappa shape index (κ1) is 14.4. The van der Waals surface area contributed by atoms with Gasteiger partial charge in [0.25, 0.3) is 5.69 Å². The lowest BCUT2D eigenvalue weighted by molar-refractivity contribution is -0.385. The van der Waals surface area contributed by atoms with Gasteiger partial charge in [0.2, 0.25) is 5.91 Å². The average Bonchev–Trinajstić information content (AvgIpc) is 2.34. The zero-order valence-corrected chi connectivity index (χ0v) is 9.83. The zero-order chi connectivity index (χ0) is 14.4. The molecule has 0 aliphatic carbocycles. The summed E-state index contributed by atoms with van der Waals surface area (Å²) in [4.78, 5) is 35.0. The van der Waals surface area contributed by atoms with Crippen LogP contribution in [-0.2, 0) is 4.79 Å². The van der Waals surface area contributed by atoms with Crippen molar-refractivity contribution in [3.63, 3.8) is 0 Å². The summed E-state index contributed by atoms with van der Waals surface area (Å²) in [5.41, 5.74) is 4.25. The van der Waals surface area contributed by atoms with Crippen molar-refractivity contribution in [1.29, 1.82) is 0 Å². The van der Waals surface area contributed by atoms with Gasteiger partial charge in [0.05, 0.1) is 4.92 Å². The summed E-state index contributed by atoms with van der Waals surface area (Å²) in [5.74, 6) is -1.77. The second-order valence-electron chi connectivity index (χ2n) is 3.65. The van der Waals surface area contributed by atoms with E-state index in [0.29, 0.717) is 6.42 Å². The van der Waals surface area contributed by atoms with E-state index in [2.05, 4.69) is 10.3 Å². The number of carboxylic acid groups (broad SMARTS) is 1. The highest BCUT2D eigenvalue weighted by Crippen LogP contribution is 2.19. The average molecular weight is 268 g/mol. The highest BCUT2D eigenvalue weighted by Gasteiger charge is 2.17. The number of nitrogens with two attached hydrogens (primary N) is 1. The van der Waals surface area contributed by atoms with E-state index >= 15 is 0 Å². The number of rotatable bonds is 7. The molecule has 0 atom stereocenters. The number of hydrogen-bond donors (Lipinski definition) is 3. The molecule has 0 radical (unpaired) electrons. The van der Waals surface area contributed by atoms with Gasteiger partial charge >= 0.3 is 5.97 Å². The largest absolute Gasteiger partial charge is 0.478 e. The summed E-state index contributed by atoms with van der Waals surface area (Å²) < 4.78 is 0. The Bertz CT molecular complexity index is 517. The molecule has 0 saturated heterocycles. The smallest absolute Gasteiger partial charge is 0.339 e. The van der Waals surface area contributed by atoms with Crippen LogP contribution in [0.5, 0.6) is 0 Å². The number of carbonyl (C=O) groups is 2. The van der Waals surface area contributed by atoms with Gasteiger partial charge in [-0.25, -0.2) is 9.78 Å². The number of carboxylic acids is 1. The number of nitrogens with one attached hydrogen (secondary N) is 1. The van der Waals surface area contributed by atoms with Crippen LogP contribution in [0, 0.1) is 10.1 Å². The number of hydrogen-bond acceptors (Lipinski definition) is 6. The molecule has 0 fully saturated rings. The monoisotopic (exact) mass is 268 g/mol. The van der Waals surface area contributed by atoms with Crippen molar-refractivity contribution in [3.05, 3.63) is 27.9 Å². The van der Waals surface area contributed by atoms with E-state index in [4.69, 9.17) is 10.8 Å². The molecule has 1 heterocycles. The van der Waals surface area contributed by atoms with E-state index in [1.165, 1.54) is 0 Å². The fourth-order valence-electron chi connectivity index (χ4n) is 1.33. The fraction of sp³-hybridized carbons (Fsp3) is 0.300. The molecular weight excluding hydrogens is 256 g/mol. The van der Waals surface area contributed by atoms with E-state index < -0.39 is 22.5 Å². The molecule has 0 bridgehead atoms. The summed E-state index contributed by atoms with van der Waals surface area (Å²) >= 11 is 0. The van der Waals surface area contributed by atoms with Gasteiger partial charge < -0.3 is 16.2 Å². The number of amides is 1. The minimum absolute atomic E-state index is 0.0163. The van der Waals surface area contributed by atoms with Gasteiger partial charge in [0.15, 0.2) is 0 Å². The minimum atomic E-state index is -1.33. The fourth-order valence-corrected chi connectivity index (χ4v) is 1.33. The normalized spacial score (nSPS) is 9.89. The van der Waals surface area contributed by atoms with Crippen molar-refractivity contribution in [2.75, 3.05) is 11.9 Å². The molecule has 1 rings (SSSR count). The van der Waals surface area contributed by atoms with Gasteiger partial charge in [0, 0.05) is 19.0 Å². The first-order chi connectivity index (χ1) is 8.91.